The lowest BCUT2D eigenvalue weighted by Crippen LogP contribution is -2.13. The van der Waals surface area contributed by atoms with Gasteiger partial charge in [-0.2, -0.15) is 5.10 Å². The van der Waals surface area contributed by atoms with Crippen molar-refractivity contribution in [1.82, 2.24) is 15.2 Å². The fourth-order valence-electron chi connectivity index (χ4n) is 1.82. The fourth-order valence-corrected chi connectivity index (χ4v) is 2.03. The fraction of sp³-hybridized carbons (Fsp3) is 0. The number of aromatic nitrogens is 3. The maximum absolute atomic E-state index is 12.1. The van der Waals surface area contributed by atoms with Gasteiger partial charge >= 0.3 is 0 Å². The van der Waals surface area contributed by atoms with Crippen molar-refractivity contribution in [2.75, 3.05) is 5.32 Å². The zero-order chi connectivity index (χ0) is 13.2. The molecule has 0 aliphatic heterocycles. The number of nitrogens with one attached hydrogen (secondary N) is 2. The van der Waals surface area contributed by atoms with Crippen LogP contribution in [0.15, 0.2) is 42.7 Å². The quantitative estimate of drug-likeness (QED) is 0.705. The lowest BCUT2D eigenvalue weighted by atomic mass is 10.2. The second kappa shape index (κ2) is 4.70. The summed E-state index contributed by atoms with van der Waals surface area (Å²) in [6.07, 6.45) is 3.20. The molecule has 1 amide bonds. The van der Waals surface area contributed by atoms with Crippen LogP contribution >= 0.6 is 11.6 Å². The van der Waals surface area contributed by atoms with Gasteiger partial charge in [-0.3, -0.25) is 9.89 Å². The van der Waals surface area contributed by atoms with E-state index in [-0.39, 0.29) is 11.1 Å². The summed E-state index contributed by atoms with van der Waals surface area (Å²) < 4.78 is 0. The summed E-state index contributed by atoms with van der Waals surface area (Å²) in [5, 5.41) is 10.6. The molecular weight excluding hydrogens is 264 g/mol. The number of benzene rings is 1. The topological polar surface area (TPSA) is 70.7 Å². The highest BCUT2D eigenvalue weighted by Gasteiger charge is 2.12. The molecule has 2 heterocycles. The highest BCUT2D eigenvalue weighted by Crippen LogP contribution is 2.22. The van der Waals surface area contributed by atoms with Crippen molar-refractivity contribution in [3.63, 3.8) is 0 Å². The first-order valence-corrected chi connectivity index (χ1v) is 5.97. The number of halogens is 1. The minimum atomic E-state index is -0.299. The van der Waals surface area contributed by atoms with Gasteiger partial charge in [-0.15, -0.1) is 0 Å². The molecule has 1 aromatic carbocycles. The van der Waals surface area contributed by atoms with Gasteiger partial charge in [0.1, 0.15) is 5.15 Å². The van der Waals surface area contributed by atoms with Crippen LogP contribution in [0.3, 0.4) is 0 Å². The first-order valence-electron chi connectivity index (χ1n) is 5.59. The molecule has 0 fully saturated rings. The lowest BCUT2D eigenvalue weighted by molar-refractivity contribution is 0.102. The number of pyridine rings is 1. The Kier molecular flexibility index (Phi) is 2.89. The van der Waals surface area contributed by atoms with E-state index in [0.29, 0.717) is 11.3 Å². The van der Waals surface area contributed by atoms with Crippen LogP contribution in [0.1, 0.15) is 10.4 Å². The van der Waals surface area contributed by atoms with Crippen LogP contribution in [0.25, 0.3) is 10.9 Å². The van der Waals surface area contributed by atoms with Gasteiger partial charge in [0.15, 0.2) is 0 Å². The van der Waals surface area contributed by atoms with Gasteiger partial charge in [-0.25, -0.2) is 4.98 Å². The maximum Gasteiger partial charge on any atom is 0.258 e. The van der Waals surface area contributed by atoms with E-state index >= 15 is 0 Å². The third kappa shape index (κ3) is 2.15. The van der Waals surface area contributed by atoms with Crippen LogP contribution in [0.5, 0.6) is 0 Å². The summed E-state index contributed by atoms with van der Waals surface area (Å²) in [7, 11) is 0. The summed E-state index contributed by atoms with van der Waals surface area (Å²) in [6, 6.07) is 8.81. The van der Waals surface area contributed by atoms with E-state index in [9.17, 15) is 4.79 Å². The number of H-pyrrole nitrogens is 1. The molecule has 0 spiro atoms. The lowest BCUT2D eigenvalue weighted by Gasteiger charge is -2.06. The Bertz CT molecular complexity index is 753. The van der Waals surface area contributed by atoms with Crippen molar-refractivity contribution >= 4 is 34.1 Å². The number of anilines is 1. The predicted molar refractivity (Wildman–Crippen MR) is 73.3 cm³/mol. The Morgan fingerprint density at radius 1 is 1.26 bits per heavy atom. The first-order chi connectivity index (χ1) is 9.25. The first kappa shape index (κ1) is 11.7. The van der Waals surface area contributed by atoms with Crippen LogP contribution in [0.4, 0.5) is 5.69 Å². The number of amides is 1. The molecule has 3 aromatic rings. The smallest absolute Gasteiger partial charge is 0.258 e. The molecule has 94 valence electrons. The minimum Gasteiger partial charge on any atom is -0.321 e. The molecule has 0 aliphatic carbocycles. The summed E-state index contributed by atoms with van der Waals surface area (Å²) in [4.78, 5) is 16.0. The van der Waals surface area contributed by atoms with Gasteiger partial charge in [-0.05, 0) is 24.3 Å². The molecule has 5 nitrogen and oxygen atoms in total. The molecule has 0 bridgehead atoms. The highest BCUT2D eigenvalue weighted by molar-refractivity contribution is 6.33. The van der Waals surface area contributed by atoms with Gasteiger partial charge < -0.3 is 5.32 Å². The third-order valence-electron chi connectivity index (χ3n) is 2.74. The number of hydrogen-bond donors (Lipinski definition) is 2. The van der Waals surface area contributed by atoms with Crippen molar-refractivity contribution in [2.45, 2.75) is 0 Å². The monoisotopic (exact) mass is 272 g/mol. The molecule has 0 radical (unpaired) electrons. The van der Waals surface area contributed by atoms with Crippen molar-refractivity contribution in [3.8, 4) is 0 Å². The number of aromatic amines is 1. The van der Waals surface area contributed by atoms with Crippen LogP contribution in [-0.2, 0) is 0 Å². The molecule has 3 rings (SSSR count). The summed E-state index contributed by atoms with van der Waals surface area (Å²) in [5.41, 5.74) is 1.87. The standard InChI is InChI=1S/C13H9ClN4O/c14-12-8(3-2-6-15-12)13(19)17-10-4-1-5-11-9(10)7-16-18-11/h1-7H,(H,16,18)(H,17,19). The number of hydrogen-bond acceptors (Lipinski definition) is 3. The molecule has 0 saturated carbocycles. The Morgan fingerprint density at radius 2 is 2.16 bits per heavy atom. The molecule has 2 N–H and O–H groups in total. The average Bonchev–Trinajstić information content (AvgIpc) is 2.88. The third-order valence-corrected chi connectivity index (χ3v) is 3.04. The maximum atomic E-state index is 12.1. The van der Waals surface area contributed by atoms with E-state index in [4.69, 9.17) is 11.6 Å². The Morgan fingerprint density at radius 3 is 3.00 bits per heavy atom. The van der Waals surface area contributed by atoms with E-state index in [1.54, 1.807) is 24.4 Å². The molecule has 0 atom stereocenters. The van der Waals surface area contributed by atoms with Crippen LogP contribution in [-0.4, -0.2) is 21.1 Å². The van der Waals surface area contributed by atoms with Gasteiger partial charge in [0.05, 0.1) is 23.0 Å². The van der Waals surface area contributed by atoms with Crippen LogP contribution in [0, 0.1) is 0 Å². The largest absolute Gasteiger partial charge is 0.321 e. The second-order valence-corrected chi connectivity index (χ2v) is 4.29. The van der Waals surface area contributed by atoms with Crippen molar-refractivity contribution in [1.29, 1.82) is 0 Å². The number of carbonyl (C=O) groups is 1. The molecule has 0 unspecified atom stereocenters. The molecule has 2 aromatic heterocycles. The van der Waals surface area contributed by atoms with Crippen LogP contribution in [0.2, 0.25) is 5.15 Å². The van der Waals surface area contributed by atoms with Gasteiger partial charge in [0.25, 0.3) is 5.91 Å². The van der Waals surface area contributed by atoms with Crippen molar-refractivity contribution in [2.24, 2.45) is 0 Å². The normalized spacial score (nSPS) is 10.6. The van der Waals surface area contributed by atoms with E-state index in [1.165, 1.54) is 6.20 Å². The molecule has 0 saturated heterocycles. The highest BCUT2D eigenvalue weighted by atomic mass is 35.5. The van der Waals surface area contributed by atoms with Crippen molar-refractivity contribution < 1.29 is 4.79 Å². The van der Waals surface area contributed by atoms with Gasteiger partial charge in [0, 0.05) is 11.6 Å². The second-order valence-electron chi connectivity index (χ2n) is 3.93. The Hall–Kier alpha value is -2.40. The summed E-state index contributed by atoms with van der Waals surface area (Å²) in [5.74, 6) is -0.299. The molecule has 19 heavy (non-hydrogen) atoms. The zero-order valence-electron chi connectivity index (χ0n) is 9.72. The number of nitrogens with zero attached hydrogens (tertiary/aromatic N) is 2. The summed E-state index contributed by atoms with van der Waals surface area (Å²) in [6.45, 7) is 0. The number of fused-ring (bicyclic) bond motifs is 1. The Labute approximate surface area is 113 Å². The van der Waals surface area contributed by atoms with E-state index < -0.39 is 0 Å². The molecule has 0 aliphatic rings. The number of carbonyl (C=O) groups excluding carboxylic acids is 1. The predicted octanol–water partition coefficient (Wildman–Crippen LogP) is 2.86. The number of rotatable bonds is 2. The van der Waals surface area contributed by atoms with E-state index in [1.807, 2.05) is 12.1 Å². The van der Waals surface area contributed by atoms with Gasteiger partial charge in [-0.1, -0.05) is 17.7 Å². The Balaban J connectivity index is 1.95. The molecular formula is C13H9ClN4O. The average molecular weight is 273 g/mol. The SMILES string of the molecule is O=C(Nc1cccc2[nH]ncc12)c1cccnc1Cl. The minimum absolute atomic E-state index is 0.180. The van der Waals surface area contributed by atoms with Gasteiger partial charge in [0.2, 0.25) is 0 Å². The van der Waals surface area contributed by atoms with E-state index in [2.05, 4.69) is 20.5 Å². The van der Waals surface area contributed by atoms with Crippen molar-refractivity contribution in [3.05, 3.63) is 53.4 Å². The van der Waals surface area contributed by atoms with E-state index in [0.717, 1.165) is 10.9 Å². The summed E-state index contributed by atoms with van der Waals surface area (Å²) >= 11 is 5.89. The van der Waals surface area contributed by atoms with Crippen LogP contribution < -0.4 is 5.32 Å². The zero-order valence-corrected chi connectivity index (χ0v) is 10.5. The molecule has 6 heteroatoms.